The molecule has 6 nitrogen and oxygen atoms in total. The van der Waals surface area contributed by atoms with Crippen LogP contribution in [-0.4, -0.2) is 34.1 Å². The monoisotopic (exact) mass is 259 g/mol. The van der Waals surface area contributed by atoms with Gasteiger partial charge in [-0.3, -0.25) is 0 Å². The summed E-state index contributed by atoms with van der Waals surface area (Å²) in [6, 6.07) is 1.93. The fourth-order valence-electron chi connectivity index (χ4n) is 1.75. The number of hydrogen-bond acceptors (Lipinski definition) is 6. The third kappa shape index (κ3) is 2.85. The Morgan fingerprint density at radius 1 is 1.26 bits per heavy atom. The minimum atomic E-state index is 0.217. The molecule has 0 aliphatic carbocycles. The summed E-state index contributed by atoms with van der Waals surface area (Å²) in [7, 11) is 3.48. The van der Waals surface area contributed by atoms with Gasteiger partial charge in [0.2, 0.25) is 5.88 Å². The number of hydrogen-bond donors (Lipinski definition) is 1. The molecule has 2 heterocycles. The van der Waals surface area contributed by atoms with Crippen LogP contribution in [0.15, 0.2) is 18.6 Å². The number of nitrogens with one attached hydrogen (secondary N) is 1. The first-order chi connectivity index (χ1) is 9.15. The van der Waals surface area contributed by atoms with Gasteiger partial charge in [0.15, 0.2) is 5.82 Å². The second-order valence-electron chi connectivity index (χ2n) is 4.19. The van der Waals surface area contributed by atoms with Gasteiger partial charge in [0, 0.05) is 29.6 Å². The van der Waals surface area contributed by atoms with Crippen molar-refractivity contribution in [3.63, 3.8) is 0 Å². The minimum Gasteiger partial charge on any atom is -0.481 e. The van der Waals surface area contributed by atoms with Crippen molar-refractivity contribution in [2.75, 3.05) is 14.2 Å². The summed E-state index contributed by atoms with van der Waals surface area (Å²) in [4.78, 5) is 17.0. The molecule has 0 saturated heterocycles. The highest BCUT2D eigenvalue weighted by molar-refractivity contribution is 5.50. The van der Waals surface area contributed by atoms with Crippen LogP contribution in [0.5, 0.6) is 5.88 Å². The molecular weight excluding hydrogens is 242 g/mol. The van der Waals surface area contributed by atoms with Crippen LogP contribution in [0.1, 0.15) is 24.2 Å². The number of nitrogens with zero attached hydrogens (tertiary/aromatic N) is 4. The Morgan fingerprint density at radius 2 is 2.05 bits per heavy atom. The molecule has 0 radical (unpaired) electrons. The number of methoxy groups -OCH3 is 1. The van der Waals surface area contributed by atoms with Crippen molar-refractivity contribution >= 4 is 0 Å². The lowest BCUT2D eigenvalue weighted by molar-refractivity contribution is 0.397. The molecule has 0 saturated carbocycles. The van der Waals surface area contributed by atoms with Crippen molar-refractivity contribution in [1.82, 2.24) is 25.3 Å². The molecule has 1 atom stereocenters. The lowest BCUT2D eigenvalue weighted by Crippen LogP contribution is -2.15. The van der Waals surface area contributed by atoms with Crippen LogP contribution >= 0.6 is 0 Å². The average molecular weight is 259 g/mol. The van der Waals surface area contributed by atoms with Gasteiger partial charge in [-0.25, -0.2) is 19.9 Å². The van der Waals surface area contributed by atoms with Crippen LogP contribution in [0, 0.1) is 6.92 Å². The summed E-state index contributed by atoms with van der Waals surface area (Å²) >= 11 is 0. The summed E-state index contributed by atoms with van der Waals surface area (Å²) in [5, 5.41) is 3.17. The van der Waals surface area contributed by atoms with Crippen LogP contribution in [0.3, 0.4) is 0 Å². The van der Waals surface area contributed by atoms with Crippen LogP contribution in [0.25, 0.3) is 11.5 Å². The van der Waals surface area contributed by atoms with Crippen molar-refractivity contribution in [3.05, 3.63) is 29.8 Å². The molecule has 2 rings (SSSR count). The lowest BCUT2D eigenvalue weighted by Gasteiger charge is -2.13. The highest BCUT2D eigenvalue weighted by Crippen LogP contribution is 2.19. The van der Waals surface area contributed by atoms with E-state index in [0.717, 1.165) is 11.3 Å². The van der Waals surface area contributed by atoms with E-state index >= 15 is 0 Å². The first-order valence-electron chi connectivity index (χ1n) is 6.03. The molecule has 2 aromatic rings. The molecule has 0 aliphatic rings. The van der Waals surface area contributed by atoms with Crippen LogP contribution < -0.4 is 10.1 Å². The second-order valence-corrected chi connectivity index (χ2v) is 4.19. The van der Waals surface area contributed by atoms with Gasteiger partial charge in [0.05, 0.1) is 7.11 Å². The normalized spacial score (nSPS) is 12.2. The second kappa shape index (κ2) is 5.71. The molecule has 0 amide bonds. The molecule has 0 fully saturated rings. The average Bonchev–Trinajstić information content (AvgIpc) is 2.46. The molecule has 0 bridgehead atoms. The van der Waals surface area contributed by atoms with Gasteiger partial charge in [-0.05, 0) is 20.9 Å². The Balaban J connectivity index is 2.38. The Labute approximate surface area is 112 Å². The van der Waals surface area contributed by atoms with E-state index in [2.05, 4.69) is 32.2 Å². The van der Waals surface area contributed by atoms with E-state index in [-0.39, 0.29) is 6.04 Å². The van der Waals surface area contributed by atoms with Gasteiger partial charge in [-0.2, -0.15) is 0 Å². The molecule has 19 heavy (non-hydrogen) atoms. The first kappa shape index (κ1) is 13.4. The fourth-order valence-corrected chi connectivity index (χ4v) is 1.75. The van der Waals surface area contributed by atoms with Gasteiger partial charge >= 0.3 is 0 Å². The van der Waals surface area contributed by atoms with Crippen molar-refractivity contribution in [2.24, 2.45) is 0 Å². The van der Waals surface area contributed by atoms with E-state index < -0.39 is 0 Å². The summed E-state index contributed by atoms with van der Waals surface area (Å²) in [5.74, 6) is 1.07. The Morgan fingerprint density at radius 3 is 2.68 bits per heavy atom. The zero-order valence-corrected chi connectivity index (χ0v) is 11.5. The molecule has 0 aliphatic heterocycles. The third-order valence-electron chi connectivity index (χ3n) is 3.00. The Hall–Kier alpha value is -2.08. The fraction of sp³-hybridized carbons (Fsp3) is 0.385. The topological polar surface area (TPSA) is 72.8 Å². The summed E-state index contributed by atoms with van der Waals surface area (Å²) in [6.45, 7) is 4.03. The Kier molecular flexibility index (Phi) is 4.01. The van der Waals surface area contributed by atoms with Crippen molar-refractivity contribution in [1.29, 1.82) is 0 Å². The maximum absolute atomic E-state index is 5.07. The van der Waals surface area contributed by atoms with E-state index in [1.807, 2.05) is 20.2 Å². The molecule has 2 aromatic heterocycles. The molecule has 0 aromatic carbocycles. The van der Waals surface area contributed by atoms with E-state index in [1.54, 1.807) is 13.2 Å². The van der Waals surface area contributed by atoms with Gasteiger partial charge < -0.3 is 10.1 Å². The van der Waals surface area contributed by atoms with Gasteiger partial charge in [-0.15, -0.1) is 0 Å². The largest absolute Gasteiger partial charge is 0.481 e. The molecular formula is C13H17N5O. The highest BCUT2D eigenvalue weighted by Gasteiger charge is 2.11. The van der Waals surface area contributed by atoms with Gasteiger partial charge in [0.1, 0.15) is 12.0 Å². The summed E-state index contributed by atoms with van der Waals surface area (Å²) in [5.41, 5.74) is 2.66. The maximum Gasteiger partial charge on any atom is 0.216 e. The van der Waals surface area contributed by atoms with Gasteiger partial charge in [-0.1, -0.05) is 0 Å². The van der Waals surface area contributed by atoms with E-state index in [4.69, 9.17) is 4.74 Å². The molecule has 6 heteroatoms. The predicted octanol–water partition coefficient (Wildman–Crippen LogP) is 1.53. The molecule has 100 valence electrons. The van der Waals surface area contributed by atoms with Crippen LogP contribution in [0.2, 0.25) is 0 Å². The summed E-state index contributed by atoms with van der Waals surface area (Å²) < 4.78 is 5.07. The zero-order chi connectivity index (χ0) is 13.8. The number of aromatic nitrogens is 4. The molecule has 1 N–H and O–H groups in total. The zero-order valence-electron chi connectivity index (χ0n) is 11.5. The van der Waals surface area contributed by atoms with Crippen molar-refractivity contribution < 1.29 is 4.74 Å². The third-order valence-corrected chi connectivity index (χ3v) is 3.00. The smallest absolute Gasteiger partial charge is 0.216 e. The Bertz CT molecular complexity index is 573. The van der Waals surface area contributed by atoms with Crippen molar-refractivity contribution in [2.45, 2.75) is 19.9 Å². The number of ether oxygens (including phenoxy) is 1. The molecule has 1 unspecified atom stereocenters. The minimum absolute atomic E-state index is 0.217. The summed E-state index contributed by atoms with van der Waals surface area (Å²) in [6.07, 6.45) is 3.27. The SMILES string of the molecule is CNC(C)c1cnc(-c2cc(OC)ncn2)nc1C. The van der Waals surface area contributed by atoms with E-state index in [1.165, 1.54) is 6.33 Å². The lowest BCUT2D eigenvalue weighted by atomic mass is 10.1. The van der Waals surface area contributed by atoms with Crippen LogP contribution in [-0.2, 0) is 0 Å². The van der Waals surface area contributed by atoms with E-state index in [0.29, 0.717) is 17.4 Å². The van der Waals surface area contributed by atoms with Crippen LogP contribution in [0.4, 0.5) is 0 Å². The van der Waals surface area contributed by atoms with Gasteiger partial charge in [0.25, 0.3) is 0 Å². The highest BCUT2D eigenvalue weighted by atomic mass is 16.5. The molecule has 0 spiro atoms. The first-order valence-corrected chi connectivity index (χ1v) is 6.03. The maximum atomic E-state index is 5.07. The quantitative estimate of drug-likeness (QED) is 0.897. The van der Waals surface area contributed by atoms with Crippen molar-refractivity contribution in [3.8, 4) is 17.4 Å². The number of rotatable bonds is 4. The standard InChI is InChI=1S/C13H17N5O/c1-8(14-3)10-6-15-13(18-9(10)2)11-5-12(19-4)17-7-16-11/h5-8,14H,1-4H3. The predicted molar refractivity (Wildman–Crippen MR) is 71.8 cm³/mol. The van der Waals surface area contributed by atoms with E-state index in [9.17, 15) is 0 Å². The number of aryl methyl sites for hydroxylation is 1.